The predicted molar refractivity (Wildman–Crippen MR) is 95.3 cm³/mol. The van der Waals surface area contributed by atoms with Crippen LogP contribution in [0.15, 0.2) is 36.5 Å². The summed E-state index contributed by atoms with van der Waals surface area (Å²) in [6.45, 7) is 6.30. The summed E-state index contributed by atoms with van der Waals surface area (Å²) in [6.07, 6.45) is 2.63. The van der Waals surface area contributed by atoms with Crippen molar-refractivity contribution < 1.29 is 0 Å². The number of hydrogen-bond acceptors (Lipinski definition) is 2. The number of pyridine rings is 1. The molecule has 0 spiro atoms. The van der Waals surface area contributed by atoms with Gasteiger partial charge in [0.1, 0.15) is 5.65 Å². The summed E-state index contributed by atoms with van der Waals surface area (Å²) in [5, 5.41) is 0. The third kappa shape index (κ3) is 2.62. The molecule has 0 amide bonds. The Bertz CT molecular complexity index is 877. The van der Waals surface area contributed by atoms with Gasteiger partial charge < -0.3 is 10.1 Å². The van der Waals surface area contributed by atoms with E-state index >= 15 is 0 Å². The van der Waals surface area contributed by atoms with Crippen molar-refractivity contribution in [2.24, 2.45) is 5.73 Å². The van der Waals surface area contributed by atoms with E-state index in [1.54, 1.807) is 0 Å². The van der Waals surface area contributed by atoms with E-state index in [1.807, 2.05) is 6.07 Å². The molecule has 0 aliphatic carbocycles. The lowest BCUT2D eigenvalue weighted by molar-refractivity contribution is 1.06. The molecule has 0 bridgehead atoms. The number of hydrogen-bond donors (Lipinski definition) is 1. The highest BCUT2D eigenvalue weighted by Gasteiger charge is 2.15. The number of benzene rings is 1. The smallest absolute Gasteiger partial charge is 0.137 e. The minimum absolute atomic E-state index is 0.480. The van der Waals surface area contributed by atoms with Crippen molar-refractivity contribution >= 4 is 22.9 Å². The lowest BCUT2D eigenvalue weighted by Crippen LogP contribution is -2.13. The van der Waals surface area contributed by atoms with Crippen LogP contribution in [0.5, 0.6) is 0 Å². The third-order valence-corrected chi connectivity index (χ3v) is 4.13. The van der Waals surface area contributed by atoms with Crippen LogP contribution in [0, 0.1) is 20.8 Å². The van der Waals surface area contributed by atoms with Gasteiger partial charge in [-0.1, -0.05) is 30.4 Å². The first-order chi connectivity index (χ1) is 10.5. The maximum atomic E-state index is 5.80. The number of aryl methyl sites for hydroxylation is 3. The van der Waals surface area contributed by atoms with Crippen molar-refractivity contribution in [3.8, 4) is 11.3 Å². The first kappa shape index (κ1) is 14.7. The predicted octanol–water partition coefficient (Wildman–Crippen LogP) is 3.76. The van der Waals surface area contributed by atoms with Crippen molar-refractivity contribution in [2.45, 2.75) is 27.2 Å². The van der Waals surface area contributed by atoms with Crippen LogP contribution in [0.3, 0.4) is 0 Å². The summed E-state index contributed by atoms with van der Waals surface area (Å²) in [5.41, 5.74) is 13.6. The summed E-state index contributed by atoms with van der Waals surface area (Å²) in [7, 11) is 0. The second kappa shape index (κ2) is 5.54. The van der Waals surface area contributed by atoms with Gasteiger partial charge in [-0.25, -0.2) is 4.98 Å². The SMILES string of the molecule is Cc1ccc2nc(-c3ccc(C)c(C)c3)c(CC(N)=S)n2c1. The normalized spacial score (nSPS) is 11.0. The van der Waals surface area contributed by atoms with Crippen LogP contribution in [-0.2, 0) is 6.42 Å². The molecule has 0 unspecified atom stereocenters. The van der Waals surface area contributed by atoms with Crippen molar-refractivity contribution in [2.75, 3.05) is 0 Å². The van der Waals surface area contributed by atoms with Crippen LogP contribution in [0.25, 0.3) is 16.9 Å². The fourth-order valence-electron chi connectivity index (χ4n) is 2.65. The molecular weight excluding hydrogens is 290 g/mol. The number of aromatic nitrogens is 2. The average Bonchev–Trinajstić information content (AvgIpc) is 2.79. The zero-order valence-electron chi connectivity index (χ0n) is 13.1. The van der Waals surface area contributed by atoms with E-state index in [4.69, 9.17) is 22.9 Å². The van der Waals surface area contributed by atoms with Gasteiger partial charge in [0.15, 0.2) is 0 Å². The number of thiocarbonyl (C=S) groups is 1. The molecule has 22 heavy (non-hydrogen) atoms. The molecular formula is C18H19N3S. The maximum absolute atomic E-state index is 5.80. The van der Waals surface area contributed by atoms with Crippen molar-refractivity contribution in [1.82, 2.24) is 9.38 Å². The molecule has 3 nitrogen and oxygen atoms in total. The fraction of sp³-hybridized carbons (Fsp3) is 0.222. The zero-order chi connectivity index (χ0) is 15.9. The monoisotopic (exact) mass is 309 g/mol. The number of imidazole rings is 1. The summed E-state index contributed by atoms with van der Waals surface area (Å²) >= 11 is 5.13. The summed E-state index contributed by atoms with van der Waals surface area (Å²) < 4.78 is 2.10. The molecule has 112 valence electrons. The number of nitrogens with two attached hydrogens (primary N) is 1. The molecule has 0 saturated heterocycles. The van der Waals surface area contributed by atoms with Crippen LogP contribution in [0.2, 0.25) is 0 Å². The van der Waals surface area contributed by atoms with Gasteiger partial charge in [0, 0.05) is 18.2 Å². The molecule has 0 fully saturated rings. The zero-order valence-corrected chi connectivity index (χ0v) is 13.9. The maximum Gasteiger partial charge on any atom is 0.137 e. The molecule has 0 radical (unpaired) electrons. The second-order valence-electron chi connectivity index (χ2n) is 5.78. The molecule has 1 aromatic carbocycles. The Balaban J connectivity index is 2.27. The molecule has 0 aliphatic heterocycles. The lowest BCUT2D eigenvalue weighted by Gasteiger charge is -2.07. The Kier molecular flexibility index (Phi) is 3.71. The first-order valence-corrected chi connectivity index (χ1v) is 7.70. The first-order valence-electron chi connectivity index (χ1n) is 7.29. The molecule has 2 aromatic heterocycles. The van der Waals surface area contributed by atoms with Gasteiger partial charge in [0.25, 0.3) is 0 Å². The average molecular weight is 309 g/mol. The molecule has 0 aliphatic rings. The highest BCUT2D eigenvalue weighted by molar-refractivity contribution is 7.80. The van der Waals surface area contributed by atoms with Crippen molar-refractivity contribution in [3.63, 3.8) is 0 Å². The van der Waals surface area contributed by atoms with Gasteiger partial charge in [0.05, 0.1) is 16.4 Å². The van der Waals surface area contributed by atoms with E-state index in [-0.39, 0.29) is 0 Å². The van der Waals surface area contributed by atoms with E-state index in [1.165, 1.54) is 16.7 Å². The van der Waals surface area contributed by atoms with E-state index in [2.05, 4.69) is 55.6 Å². The Morgan fingerprint density at radius 2 is 1.91 bits per heavy atom. The standard InChI is InChI=1S/C18H19N3S/c1-11-4-7-17-20-18(14-6-5-12(2)13(3)8-14)15(9-16(19)22)21(17)10-11/h4-8,10H,9H2,1-3H3,(H2,19,22). The fourth-order valence-corrected chi connectivity index (χ4v) is 2.79. The lowest BCUT2D eigenvalue weighted by atomic mass is 10.0. The number of fused-ring (bicyclic) bond motifs is 1. The number of nitrogens with zero attached hydrogens (tertiary/aromatic N) is 2. The molecule has 3 aromatic rings. The van der Waals surface area contributed by atoms with E-state index in [9.17, 15) is 0 Å². The van der Waals surface area contributed by atoms with E-state index in [0.717, 1.165) is 22.6 Å². The van der Waals surface area contributed by atoms with Crippen LogP contribution < -0.4 is 5.73 Å². The van der Waals surface area contributed by atoms with Crippen LogP contribution in [0.4, 0.5) is 0 Å². The van der Waals surface area contributed by atoms with Crippen molar-refractivity contribution in [3.05, 3.63) is 58.9 Å². The minimum Gasteiger partial charge on any atom is -0.393 e. The second-order valence-corrected chi connectivity index (χ2v) is 6.31. The van der Waals surface area contributed by atoms with Crippen molar-refractivity contribution in [1.29, 1.82) is 0 Å². The van der Waals surface area contributed by atoms with E-state index < -0.39 is 0 Å². The molecule has 3 rings (SSSR count). The third-order valence-electron chi connectivity index (χ3n) is 3.99. The van der Waals surface area contributed by atoms with Gasteiger partial charge in [-0.05, 0) is 49.6 Å². The molecule has 0 saturated carbocycles. The Hall–Kier alpha value is -2.20. The van der Waals surface area contributed by atoms with Gasteiger partial charge in [-0.3, -0.25) is 0 Å². The Labute approximate surface area is 135 Å². The van der Waals surface area contributed by atoms with Gasteiger partial charge >= 0.3 is 0 Å². The largest absolute Gasteiger partial charge is 0.393 e. The number of rotatable bonds is 3. The minimum atomic E-state index is 0.480. The highest BCUT2D eigenvalue weighted by atomic mass is 32.1. The molecule has 0 atom stereocenters. The molecule has 2 heterocycles. The molecule has 4 heteroatoms. The van der Waals surface area contributed by atoms with Crippen LogP contribution in [-0.4, -0.2) is 14.4 Å². The highest BCUT2D eigenvalue weighted by Crippen LogP contribution is 2.27. The van der Waals surface area contributed by atoms with E-state index in [0.29, 0.717) is 11.4 Å². The Morgan fingerprint density at radius 1 is 1.14 bits per heavy atom. The summed E-state index contributed by atoms with van der Waals surface area (Å²) in [6, 6.07) is 10.5. The van der Waals surface area contributed by atoms with Gasteiger partial charge in [-0.2, -0.15) is 0 Å². The quantitative estimate of drug-likeness (QED) is 0.749. The summed E-state index contributed by atoms with van der Waals surface area (Å²) in [4.78, 5) is 5.28. The van der Waals surface area contributed by atoms with Gasteiger partial charge in [-0.15, -0.1) is 0 Å². The molecule has 2 N–H and O–H groups in total. The topological polar surface area (TPSA) is 43.3 Å². The Morgan fingerprint density at radius 3 is 2.59 bits per heavy atom. The van der Waals surface area contributed by atoms with Gasteiger partial charge in [0.2, 0.25) is 0 Å². The summed E-state index contributed by atoms with van der Waals surface area (Å²) in [5.74, 6) is 0. The van der Waals surface area contributed by atoms with Crippen LogP contribution >= 0.6 is 12.2 Å². The van der Waals surface area contributed by atoms with Crippen LogP contribution in [0.1, 0.15) is 22.4 Å².